The summed E-state index contributed by atoms with van der Waals surface area (Å²) in [6, 6.07) is 13.3. The first kappa shape index (κ1) is 19.6. The van der Waals surface area contributed by atoms with Gasteiger partial charge < -0.3 is 20.5 Å². The molecule has 0 aromatic heterocycles. The number of amides is 1. The van der Waals surface area contributed by atoms with Crippen molar-refractivity contribution in [3.8, 4) is 5.75 Å². The van der Waals surface area contributed by atoms with Crippen molar-refractivity contribution in [3.63, 3.8) is 0 Å². The number of methoxy groups -OCH3 is 1. The number of hydrogen-bond donors (Lipinski definition) is 3. The van der Waals surface area contributed by atoms with E-state index in [-0.39, 0.29) is 18.7 Å². The summed E-state index contributed by atoms with van der Waals surface area (Å²) >= 11 is 5.96. The van der Waals surface area contributed by atoms with Crippen molar-refractivity contribution in [1.82, 2.24) is 5.32 Å². The summed E-state index contributed by atoms with van der Waals surface area (Å²) in [5.41, 5.74) is 1.52. The number of nitrogens with one attached hydrogen (secondary N) is 2. The molecule has 0 aliphatic heterocycles. The summed E-state index contributed by atoms with van der Waals surface area (Å²) in [5, 5.41) is 15.5. The number of aliphatic carboxylic acids is 1. The number of rotatable bonds is 9. The van der Waals surface area contributed by atoms with Gasteiger partial charge in [0, 0.05) is 24.4 Å². The van der Waals surface area contributed by atoms with E-state index in [4.69, 9.17) is 16.3 Å². The van der Waals surface area contributed by atoms with Crippen LogP contribution in [0.5, 0.6) is 5.75 Å². The average Bonchev–Trinajstić information content (AvgIpc) is 2.62. The second kappa shape index (κ2) is 9.68. The first-order valence-electron chi connectivity index (χ1n) is 8.13. The van der Waals surface area contributed by atoms with E-state index in [1.54, 1.807) is 25.3 Å². The number of halogens is 1. The van der Waals surface area contributed by atoms with Gasteiger partial charge in [-0.25, -0.2) is 4.79 Å². The predicted octanol–water partition coefficient (Wildman–Crippen LogP) is 2.96. The van der Waals surface area contributed by atoms with Crippen molar-refractivity contribution in [2.45, 2.75) is 18.9 Å². The summed E-state index contributed by atoms with van der Waals surface area (Å²) in [4.78, 5) is 23.5. The molecule has 2 aromatic carbocycles. The van der Waals surface area contributed by atoms with Gasteiger partial charge in [-0.05, 0) is 23.8 Å². The molecule has 0 aliphatic carbocycles. The summed E-state index contributed by atoms with van der Waals surface area (Å²) in [7, 11) is 1.54. The molecule has 2 rings (SSSR count). The van der Waals surface area contributed by atoms with Crippen LogP contribution in [0.4, 0.5) is 5.69 Å². The molecule has 7 heteroatoms. The average molecular weight is 377 g/mol. The molecule has 26 heavy (non-hydrogen) atoms. The van der Waals surface area contributed by atoms with Crippen molar-refractivity contribution in [1.29, 1.82) is 0 Å². The van der Waals surface area contributed by atoms with Crippen LogP contribution in [0, 0.1) is 0 Å². The molecule has 0 saturated heterocycles. The van der Waals surface area contributed by atoms with Crippen molar-refractivity contribution >= 4 is 29.2 Å². The highest BCUT2D eigenvalue weighted by atomic mass is 35.5. The van der Waals surface area contributed by atoms with Gasteiger partial charge in [-0.2, -0.15) is 0 Å². The van der Waals surface area contributed by atoms with Gasteiger partial charge >= 0.3 is 5.97 Å². The van der Waals surface area contributed by atoms with Gasteiger partial charge in [0.1, 0.15) is 11.8 Å². The molecule has 1 amide bonds. The third kappa shape index (κ3) is 5.97. The number of carbonyl (C=O) groups excluding carboxylic acids is 1. The highest BCUT2D eigenvalue weighted by molar-refractivity contribution is 6.30. The molecule has 3 N–H and O–H groups in total. The molecule has 1 atom stereocenters. The fourth-order valence-electron chi connectivity index (χ4n) is 2.45. The molecular formula is C19H21ClN2O4. The molecule has 2 aromatic rings. The van der Waals surface area contributed by atoms with E-state index in [0.29, 0.717) is 23.0 Å². The maximum absolute atomic E-state index is 12.1. The van der Waals surface area contributed by atoms with Crippen LogP contribution in [0.2, 0.25) is 5.02 Å². The van der Waals surface area contributed by atoms with Crippen molar-refractivity contribution in [2.24, 2.45) is 0 Å². The molecule has 0 heterocycles. The van der Waals surface area contributed by atoms with E-state index in [0.717, 1.165) is 5.56 Å². The third-order valence-electron chi connectivity index (χ3n) is 3.75. The maximum atomic E-state index is 12.1. The highest BCUT2D eigenvalue weighted by Crippen LogP contribution is 2.27. The molecule has 0 aliphatic rings. The SMILES string of the molecule is COc1ccc(Cl)cc1NCCC(=O)N[C@H](Cc1ccccc1)C(=O)O. The Morgan fingerprint density at radius 2 is 1.92 bits per heavy atom. The van der Waals surface area contributed by atoms with Gasteiger partial charge in [0.2, 0.25) is 5.91 Å². The van der Waals surface area contributed by atoms with Gasteiger partial charge in [0.15, 0.2) is 0 Å². The lowest BCUT2D eigenvalue weighted by Crippen LogP contribution is -2.42. The first-order valence-corrected chi connectivity index (χ1v) is 8.51. The van der Waals surface area contributed by atoms with E-state index in [1.165, 1.54) is 0 Å². The Balaban J connectivity index is 1.87. The summed E-state index contributed by atoms with van der Waals surface area (Å²) in [5.74, 6) is -0.796. The van der Waals surface area contributed by atoms with E-state index in [9.17, 15) is 14.7 Å². The molecule has 138 valence electrons. The number of carbonyl (C=O) groups is 2. The second-order valence-corrected chi connectivity index (χ2v) is 6.11. The number of benzene rings is 2. The summed E-state index contributed by atoms with van der Waals surface area (Å²) in [6.45, 7) is 0.320. The maximum Gasteiger partial charge on any atom is 0.326 e. The lowest BCUT2D eigenvalue weighted by Gasteiger charge is -2.15. The minimum Gasteiger partial charge on any atom is -0.495 e. The zero-order valence-electron chi connectivity index (χ0n) is 14.4. The van der Waals surface area contributed by atoms with Crippen molar-refractivity contribution in [2.75, 3.05) is 19.0 Å². The van der Waals surface area contributed by atoms with E-state index in [1.807, 2.05) is 30.3 Å². The molecule has 0 fully saturated rings. The van der Waals surface area contributed by atoms with E-state index < -0.39 is 12.0 Å². The van der Waals surface area contributed by atoms with Crippen molar-refractivity contribution in [3.05, 3.63) is 59.1 Å². The Morgan fingerprint density at radius 1 is 1.19 bits per heavy atom. The highest BCUT2D eigenvalue weighted by Gasteiger charge is 2.20. The molecule has 0 spiro atoms. The fourth-order valence-corrected chi connectivity index (χ4v) is 2.62. The summed E-state index contributed by atoms with van der Waals surface area (Å²) in [6.07, 6.45) is 0.353. The van der Waals surface area contributed by atoms with Crippen LogP contribution in [0.15, 0.2) is 48.5 Å². The van der Waals surface area contributed by atoms with Gasteiger partial charge in [-0.1, -0.05) is 41.9 Å². The summed E-state index contributed by atoms with van der Waals surface area (Å²) < 4.78 is 5.22. The molecule has 6 nitrogen and oxygen atoms in total. The van der Waals surface area contributed by atoms with Crippen LogP contribution in [-0.4, -0.2) is 36.7 Å². The third-order valence-corrected chi connectivity index (χ3v) is 3.98. The van der Waals surface area contributed by atoms with Crippen LogP contribution < -0.4 is 15.4 Å². The normalized spacial score (nSPS) is 11.5. The van der Waals surface area contributed by atoms with Crippen LogP contribution in [0.25, 0.3) is 0 Å². The van der Waals surface area contributed by atoms with Gasteiger partial charge in [0.05, 0.1) is 12.8 Å². The predicted molar refractivity (Wildman–Crippen MR) is 101 cm³/mol. The van der Waals surface area contributed by atoms with Crippen LogP contribution in [-0.2, 0) is 16.0 Å². The standard InChI is InChI=1S/C19H21ClN2O4/c1-26-17-8-7-14(20)12-15(17)21-10-9-18(23)22-16(19(24)25)11-13-5-3-2-4-6-13/h2-8,12,16,21H,9-11H2,1H3,(H,22,23)(H,24,25)/t16-/m1/s1. The Hall–Kier alpha value is -2.73. The van der Waals surface area contributed by atoms with Crippen LogP contribution in [0.3, 0.4) is 0 Å². The molecule has 0 bridgehead atoms. The number of anilines is 1. The molecule has 0 radical (unpaired) electrons. The molecule has 0 unspecified atom stereocenters. The van der Waals surface area contributed by atoms with Gasteiger partial charge in [-0.15, -0.1) is 0 Å². The Labute approximate surface area is 157 Å². The lowest BCUT2D eigenvalue weighted by atomic mass is 10.1. The van der Waals surface area contributed by atoms with E-state index in [2.05, 4.69) is 10.6 Å². The Kier molecular flexibility index (Phi) is 7.29. The van der Waals surface area contributed by atoms with Gasteiger partial charge in [-0.3, -0.25) is 4.79 Å². The second-order valence-electron chi connectivity index (χ2n) is 5.67. The number of carboxylic acid groups (broad SMARTS) is 1. The first-order chi connectivity index (χ1) is 12.5. The minimum absolute atomic E-state index is 0.119. The van der Waals surface area contributed by atoms with Gasteiger partial charge in [0.25, 0.3) is 0 Å². The minimum atomic E-state index is -1.06. The number of ether oxygens (including phenoxy) is 1. The smallest absolute Gasteiger partial charge is 0.326 e. The Morgan fingerprint density at radius 3 is 2.58 bits per heavy atom. The number of carboxylic acids is 1. The zero-order valence-corrected chi connectivity index (χ0v) is 15.1. The van der Waals surface area contributed by atoms with Crippen LogP contribution >= 0.6 is 11.6 Å². The fraction of sp³-hybridized carbons (Fsp3) is 0.263. The monoisotopic (exact) mass is 376 g/mol. The van der Waals surface area contributed by atoms with E-state index >= 15 is 0 Å². The van der Waals surface area contributed by atoms with Crippen LogP contribution in [0.1, 0.15) is 12.0 Å². The molecular weight excluding hydrogens is 356 g/mol. The quantitative estimate of drug-likeness (QED) is 0.626. The largest absolute Gasteiger partial charge is 0.495 e. The molecule has 0 saturated carbocycles. The van der Waals surface area contributed by atoms with Crippen molar-refractivity contribution < 1.29 is 19.4 Å². The Bertz CT molecular complexity index is 752. The topological polar surface area (TPSA) is 87.7 Å². The number of hydrogen-bond acceptors (Lipinski definition) is 4. The zero-order chi connectivity index (χ0) is 18.9. The lowest BCUT2D eigenvalue weighted by molar-refractivity contribution is -0.141.